The fourth-order valence-corrected chi connectivity index (χ4v) is 1.73. The Morgan fingerprint density at radius 1 is 0.920 bits per heavy atom. The maximum atomic E-state index is 10.3. The molecule has 25 heavy (non-hydrogen) atoms. The molecule has 1 atom stereocenters. The van der Waals surface area contributed by atoms with Crippen LogP contribution >= 0.6 is 0 Å². The van der Waals surface area contributed by atoms with E-state index in [1.54, 1.807) is 7.11 Å². The van der Waals surface area contributed by atoms with E-state index in [1.807, 2.05) is 4.89 Å². The summed E-state index contributed by atoms with van der Waals surface area (Å²) in [5.74, 6) is 0. The summed E-state index contributed by atoms with van der Waals surface area (Å²) in [5.41, 5.74) is 0. The Hall–Kier alpha value is -0.530. The Morgan fingerprint density at radius 3 is 1.80 bits per heavy atom. The molecule has 0 aromatic carbocycles. The number of hydrogen-bond acceptors (Lipinski definition) is 8. The fraction of sp³-hybridized carbons (Fsp3) is 1.00. The Morgan fingerprint density at radius 2 is 1.40 bits per heavy atom. The van der Waals surface area contributed by atoms with Crippen LogP contribution in [0.1, 0.15) is 6.42 Å². The van der Waals surface area contributed by atoms with Gasteiger partial charge in [-0.1, -0.05) is 0 Å². The molecule has 0 bridgehead atoms. The van der Waals surface area contributed by atoms with Crippen molar-refractivity contribution in [3.8, 4) is 0 Å². The number of rotatable bonds is 13. The first-order valence-corrected chi connectivity index (χ1v) is 7.93. The van der Waals surface area contributed by atoms with Gasteiger partial charge in [0.25, 0.3) is 0 Å². The molecule has 0 unspecified atom stereocenters. The number of methoxy groups -OCH3 is 1. The van der Waals surface area contributed by atoms with Crippen LogP contribution in [0.15, 0.2) is 0 Å². The Kier molecular flexibility index (Phi) is 16.6. The normalized spacial score (nSPS) is 17.4. The highest BCUT2D eigenvalue weighted by molar-refractivity contribution is 4.70. The van der Waals surface area contributed by atoms with Crippen molar-refractivity contribution in [2.45, 2.75) is 18.9 Å². The minimum atomic E-state index is -4.90. The molecule has 0 aromatic heterocycles. The summed E-state index contributed by atoms with van der Waals surface area (Å²) >= 11 is 0. The van der Waals surface area contributed by atoms with Crippen LogP contribution in [0.2, 0.25) is 0 Å². The summed E-state index contributed by atoms with van der Waals surface area (Å²) in [4.78, 5) is 1.94. The van der Waals surface area contributed by atoms with Crippen LogP contribution in [-0.4, -0.2) is 90.8 Å². The predicted octanol–water partition coefficient (Wildman–Crippen LogP) is 1.06. The summed E-state index contributed by atoms with van der Waals surface area (Å²) in [6.07, 6.45) is -3.43. The highest BCUT2D eigenvalue weighted by atomic mass is 19.4. The molecule has 0 aliphatic carbocycles. The van der Waals surface area contributed by atoms with Crippen LogP contribution in [0.4, 0.5) is 13.2 Å². The van der Waals surface area contributed by atoms with E-state index in [-0.39, 0.29) is 0 Å². The zero-order valence-corrected chi connectivity index (χ0v) is 14.4. The topological polar surface area (TPSA) is 87.6 Å². The SMILES string of the molecule is COCCOCCOCCOCCO[C@H]1CCNC1.OOC(F)(F)F. The van der Waals surface area contributed by atoms with Gasteiger partial charge in [-0.25, -0.2) is 5.26 Å². The maximum absolute atomic E-state index is 10.3. The molecule has 152 valence electrons. The molecule has 1 rings (SSSR count). The minimum absolute atomic E-state index is 0.365. The van der Waals surface area contributed by atoms with E-state index >= 15 is 0 Å². The van der Waals surface area contributed by atoms with Crippen LogP contribution in [-0.2, 0) is 28.6 Å². The quantitative estimate of drug-likeness (QED) is 0.279. The second-order valence-electron chi connectivity index (χ2n) is 4.85. The first-order chi connectivity index (χ1) is 12.0. The Labute approximate surface area is 145 Å². The molecule has 2 N–H and O–H groups in total. The molecular formula is C14H28F3NO7. The molecular weight excluding hydrogens is 351 g/mol. The number of hydrogen-bond donors (Lipinski definition) is 2. The van der Waals surface area contributed by atoms with Crippen LogP contribution < -0.4 is 5.32 Å². The van der Waals surface area contributed by atoms with Gasteiger partial charge in [0.15, 0.2) is 0 Å². The van der Waals surface area contributed by atoms with Crippen LogP contribution in [0.25, 0.3) is 0 Å². The van der Waals surface area contributed by atoms with E-state index in [9.17, 15) is 13.2 Å². The zero-order valence-electron chi connectivity index (χ0n) is 14.4. The summed E-state index contributed by atoms with van der Waals surface area (Å²) in [7, 11) is 1.66. The van der Waals surface area contributed by atoms with Gasteiger partial charge in [-0.2, -0.15) is 0 Å². The molecule has 0 aromatic rings. The van der Waals surface area contributed by atoms with Gasteiger partial charge in [-0.05, 0) is 13.0 Å². The summed E-state index contributed by atoms with van der Waals surface area (Å²) < 4.78 is 57.4. The average molecular weight is 379 g/mol. The summed E-state index contributed by atoms with van der Waals surface area (Å²) in [5, 5.41) is 10.0. The van der Waals surface area contributed by atoms with Crippen molar-refractivity contribution >= 4 is 0 Å². The van der Waals surface area contributed by atoms with E-state index in [2.05, 4.69) is 5.32 Å². The number of nitrogens with one attached hydrogen (secondary N) is 1. The van der Waals surface area contributed by atoms with Gasteiger partial charge in [-0.15, -0.1) is 18.1 Å². The molecule has 0 saturated carbocycles. The number of ether oxygens (including phenoxy) is 5. The van der Waals surface area contributed by atoms with Gasteiger partial charge in [0.1, 0.15) is 0 Å². The molecule has 1 aliphatic heterocycles. The lowest BCUT2D eigenvalue weighted by atomic mass is 10.3. The number of halogens is 3. The van der Waals surface area contributed by atoms with Gasteiger partial charge < -0.3 is 29.0 Å². The third-order valence-corrected chi connectivity index (χ3v) is 2.88. The third kappa shape index (κ3) is 19.6. The van der Waals surface area contributed by atoms with Crippen molar-refractivity contribution in [1.82, 2.24) is 5.32 Å². The van der Waals surface area contributed by atoms with Crippen molar-refractivity contribution in [3.05, 3.63) is 0 Å². The van der Waals surface area contributed by atoms with Gasteiger partial charge in [0.2, 0.25) is 0 Å². The molecule has 0 radical (unpaired) electrons. The third-order valence-electron chi connectivity index (χ3n) is 2.88. The second kappa shape index (κ2) is 16.9. The Bertz CT molecular complexity index is 280. The second-order valence-corrected chi connectivity index (χ2v) is 4.85. The van der Waals surface area contributed by atoms with Gasteiger partial charge in [0, 0.05) is 13.7 Å². The zero-order chi connectivity index (χ0) is 18.8. The van der Waals surface area contributed by atoms with Crippen molar-refractivity contribution < 1.29 is 47.0 Å². The molecule has 1 saturated heterocycles. The van der Waals surface area contributed by atoms with Gasteiger partial charge >= 0.3 is 6.36 Å². The van der Waals surface area contributed by atoms with Crippen LogP contribution in [0.3, 0.4) is 0 Å². The minimum Gasteiger partial charge on any atom is -0.382 e. The largest absolute Gasteiger partial charge is 0.549 e. The van der Waals surface area contributed by atoms with E-state index in [0.29, 0.717) is 59.0 Å². The monoisotopic (exact) mass is 379 g/mol. The lowest BCUT2D eigenvalue weighted by Gasteiger charge is -2.10. The van der Waals surface area contributed by atoms with E-state index < -0.39 is 6.36 Å². The molecule has 0 spiro atoms. The first-order valence-electron chi connectivity index (χ1n) is 7.93. The summed E-state index contributed by atoms with van der Waals surface area (Å²) in [6.45, 7) is 6.94. The van der Waals surface area contributed by atoms with E-state index in [0.717, 1.165) is 19.5 Å². The smallest absolute Gasteiger partial charge is 0.382 e. The summed E-state index contributed by atoms with van der Waals surface area (Å²) in [6, 6.07) is 0. The molecule has 1 heterocycles. The van der Waals surface area contributed by atoms with Crippen LogP contribution in [0, 0.1) is 0 Å². The molecule has 0 amide bonds. The van der Waals surface area contributed by atoms with Gasteiger partial charge in [0.05, 0.1) is 59.0 Å². The molecule has 8 nitrogen and oxygen atoms in total. The number of alkyl halides is 3. The first kappa shape index (κ1) is 24.5. The van der Waals surface area contributed by atoms with Crippen molar-refractivity contribution in [2.24, 2.45) is 0 Å². The van der Waals surface area contributed by atoms with Crippen molar-refractivity contribution in [3.63, 3.8) is 0 Å². The molecule has 1 fully saturated rings. The van der Waals surface area contributed by atoms with Crippen molar-refractivity contribution in [2.75, 3.05) is 73.1 Å². The Balaban J connectivity index is 0.000000823. The van der Waals surface area contributed by atoms with Gasteiger partial charge in [-0.3, -0.25) is 0 Å². The maximum Gasteiger partial charge on any atom is 0.549 e. The van der Waals surface area contributed by atoms with Crippen LogP contribution in [0.5, 0.6) is 0 Å². The fourth-order valence-electron chi connectivity index (χ4n) is 1.73. The highest BCUT2D eigenvalue weighted by Crippen LogP contribution is 2.12. The average Bonchev–Trinajstić information content (AvgIpc) is 3.09. The predicted molar refractivity (Wildman–Crippen MR) is 81.3 cm³/mol. The molecule has 11 heteroatoms. The van der Waals surface area contributed by atoms with E-state index in [4.69, 9.17) is 28.9 Å². The van der Waals surface area contributed by atoms with Crippen molar-refractivity contribution in [1.29, 1.82) is 0 Å². The van der Waals surface area contributed by atoms with E-state index in [1.165, 1.54) is 0 Å². The highest BCUT2D eigenvalue weighted by Gasteiger charge is 2.28. The lowest BCUT2D eigenvalue weighted by molar-refractivity contribution is -0.464. The lowest BCUT2D eigenvalue weighted by Crippen LogP contribution is -2.19. The standard InChI is InChI=1S/C13H27NO5.CHF3O2/c1-15-4-5-16-6-7-17-8-9-18-10-11-19-13-2-3-14-12-13;2-1(3,4)6-5/h13-14H,2-12H2,1H3;5H/t13-;/m0./s1. The molecule has 1 aliphatic rings.